The zero-order valence-corrected chi connectivity index (χ0v) is 24.8. The van der Waals surface area contributed by atoms with Crippen molar-refractivity contribution in [3.05, 3.63) is 89.0 Å². The number of rotatable bonds is 14. The number of carbonyl (C=O) groups is 4. The van der Waals surface area contributed by atoms with Crippen molar-refractivity contribution in [1.82, 2.24) is 10.2 Å². The number of hydrogen-bond donors (Lipinski definition) is 4. The lowest BCUT2D eigenvalue weighted by Crippen LogP contribution is -2.33. The zero-order chi connectivity index (χ0) is 30.9. The van der Waals surface area contributed by atoms with Crippen LogP contribution in [-0.4, -0.2) is 54.3 Å². The molecule has 0 aromatic heterocycles. The van der Waals surface area contributed by atoms with Gasteiger partial charge < -0.3 is 31.3 Å². The molecule has 0 bridgehead atoms. The van der Waals surface area contributed by atoms with Crippen molar-refractivity contribution in [2.24, 2.45) is 5.73 Å². The van der Waals surface area contributed by atoms with Gasteiger partial charge in [0.2, 0.25) is 0 Å². The summed E-state index contributed by atoms with van der Waals surface area (Å²) in [7, 11) is 0. The predicted molar refractivity (Wildman–Crippen MR) is 169 cm³/mol. The van der Waals surface area contributed by atoms with Crippen molar-refractivity contribution in [1.29, 1.82) is 0 Å². The van der Waals surface area contributed by atoms with E-state index in [2.05, 4.69) is 16.0 Å². The summed E-state index contributed by atoms with van der Waals surface area (Å²) < 4.78 is 5.48. The molecule has 1 heterocycles. The van der Waals surface area contributed by atoms with Crippen LogP contribution in [0.4, 0.5) is 11.4 Å². The second-order valence-corrected chi connectivity index (χ2v) is 11.3. The fourth-order valence-corrected chi connectivity index (χ4v) is 5.10. The lowest BCUT2D eigenvalue weighted by Gasteiger charge is -2.24. The number of unbranched alkanes of at least 4 members (excludes halogenated alkanes) is 4. The molecule has 4 amide bonds. The van der Waals surface area contributed by atoms with Gasteiger partial charge >= 0.3 is 0 Å². The molecule has 10 heteroatoms. The van der Waals surface area contributed by atoms with Crippen molar-refractivity contribution in [3.8, 4) is 5.75 Å². The summed E-state index contributed by atoms with van der Waals surface area (Å²) >= 11 is 0. The highest BCUT2D eigenvalue weighted by Gasteiger charge is 2.33. The maximum absolute atomic E-state index is 13.4. The molecule has 230 valence electrons. The molecule has 44 heavy (non-hydrogen) atoms. The highest BCUT2D eigenvalue weighted by molar-refractivity contribution is 6.04. The molecular weight excluding hydrogens is 558 g/mol. The molecule has 1 saturated carbocycles. The van der Waals surface area contributed by atoms with E-state index in [0.29, 0.717) is 46.9 Å². The number of fused-ring (bicyclic) bond motifs is 1. The first-order valence-corrected chi connectivity index (χ1v) is 15.3. The van der Waals surface area contributed by atoms with Crippen molar-refractivity contribution in [2.45, 2.75) is 57.5 Å². The average Bonchev–Trinajstić information content (AvgIpc) is 3.89. The molecule has 0 atom stereocenters. The van der Waals surface area contributed by atoms with E-state index in [1.807, 2.05) is 17.0 Å². The van der Waals surface area contributed by atoms with Gasteiger partial charge in [-0.15, -0.1) is 0 Å². The predicted octanol–water partition coefficient (Wildman–Crippen LogP) is 4.71. The van der Waals surface area contributed by atoms with Crippen LogP contribution in [0.5, 0.6) is 5.75 Å². The van der Waals surface area contributed by atoms with Crippen LogP contribution in [0.1, 0.15) is 81.6 Å². The molecule has 0 radical (unpaired) electrons. The summed E-state index contributed by atoms with van der Waals surface area (Å²) in [6, 6.07) is 19.3. The van der Waals surface area contributed by atoms with Crippen LogP contribution in [0.2, 0.25) is 0 Å². The normalized spacial score (nSPS) is 13.7. The molecule has 3 aromatic carbocycles. The molecule has 3 aromatic rings. The molecule has 2 aliphatic rings. The van der Waals surface area contributed by atoms with Gasteiger partial charge in [0.1, 0.15) is 5.75 Å². The van der Waals surface area contributed by atoms with E-state index in [4.69, 9.17) is 10.5 Å². The summed E-state index contributed by atoms with van der Waals surface area (Å²) in [5, 5.41) is 8.56. The number of anilines is 2. The maximum atomic E-state index is 13.4. The highest BCUT2D eigenvalue weighted by Crippen LogP contribution is 2.33. The van der Waals surface area contributed by atoms with Gasteiger partial charge in [-0.25, -0.2) is 0 Å². The Morgan fingerprint density at radius 3 is 2.23 bits per heavy atom. The molecule has 0 unspecified atom stereocenters. The van der Waals surface area contributed by atoms with Gasteiger partial charge in [-0.05, 0) is 92.4 Å². The van der Waals surface area contributed by atoms with Crippen molar-refractivity contribution < 1.29 is 23.9 Å². The van der Waals surface area contributed by atoms with Gasteiger partial charge in [-0.2, -0.15) is 0 Å². The first-order valence-electron chi connectivity index (χ1n) is 15.3. The van der Waals surface area contributed by atoms with Crippen LogP contribution >= 0.6 is 0 Å². The Kier molecular flexibility index (Phi) is 10.2. The second kappa shape index (κ2) is 14.7. The third kappa shape index (κ3) is 8.23. The number of nitrogens with two attached hydrogens (primary N) is 1. The molecule has 5 rings (SSSR count). The summed E-state index contributed by atoms with van der Waals surface area (Å²) in [6.07, 6.45) is 7.18. The van der Waals surface area contributed by atoms with Crippen LogP contribution in [0, 0.1) is 0 Å². The quantitative estimate of drug-likeness (QED) is 0.198. The van der Waals surface area contributed by atoms with Gasteiger partial charge in [-0.1, -0.05) is 31.4 Å². The molecular formula is C34H39N5O5. The van der Waals surface area contributed by atoms with Gasteiger partial charge in [-0.3, -0.25) is 19.2 Å². The third-order valence-electron chi connectivity index (χ3n) is 7.75. The first-order chi connectivity index (χ1) is 21.4. The van der Waals surface area contributed by atoms with Crippen LogP contribution < -0.4 is 26.4 Å². The molecule has 1 aliphatic heterocycles. The van der Waals surface area contributed by atoms with E-state index in [-0.39, 0.29) is 36.3 Å². The Morgan fingerprint density at radius 2 is 1.50 bits per heavy atom. The zero-order valence-electron chi connectivity index (χ0n) is 24.8. The van der Waals surface area contributed by atoms with Gasteiger partial charge in [0.05, 0.1) is 5.69 Å². The lowest BCUT2D eigenvalue weighted by atomic mass is 10.1. The van der Waals surface area contributed by atoms with E-state index in [0.717, 1.165) is 57.1 Å². The minimum atomic E-state index is -0.264. The minimum Gasteiger partial charge on any atom is -0.482 e. The minimum absolute atomic E-state index is 0.0733. The summed E-state index contributed by atoms with van der Waals surface area (Å²) in [5.74, 6) is -0.234. The Bertz CT molecular complexity index is 1480. The average molecular weight is 598 g/mol. The Labute approximate surface area is 257 Å². The Balaban J connectivity index is 1.12. The van der Waals surface area contributed by atoms with E-state index < -0.39 is 0 Å². The number of nitrogens with one attached hydrogen (secondary N) is 3. The largest absolute Gasteiger partial charge is 0.482 e. The molecule has 0 saturated heterocycles. The summed E-state index contributed by atoms with van der Waals surface area (Å²) in [6.45, 7) is 1.70. The van der Waals surface area contributed by atoms with E-state index in [1.165, 1.54) is 0 Å². The molecule has 1 fully saturated rings. The topological polar surface area (TPSA) is 143 Å². The van der Waals surface area contributed by atoms with E-state index >= 15 is 0 Å². The number of amides is 4. The number of benzene rings is 3. The number of carbonyl (C=O) groups excluding carboxylic acids is 4. The van der Waals surface area contributed by atoms with Gasteiger partial charge in [0.15, 0.2) is 6.61 Å². The van der Waals surface area contributed by atoms with E-state index in [9.17, 15) is 19.2 Å². The number of hydrogen-bond acceptors (Lipinski definition) is 6. The lowest BCUT2D eigenvalue weighted by molar-refractivity contribution is -0.118. The Hall–Kier alpha value is -4.70. The monoisotopic (exact) mass is 597 g/mol. The summed E-state index contributed by atoms with van der Waals surface area (Å²) in [4.78, 5) is 52.1. The highest BCUT2D eigenvalue weighted by atomic mass is 16.5. The molecule has 10 nitrogen and oxygen atoms in total. The fourth-order valence-electron chi connectivity index (χ4n) is 5.10. The molecule has 0 spiro atoms. The fraction of sp³-hybridized carbons (Fsp3) is 0.353. The maximum Gasteiger partial charge on any atom is 0.262 e. The van der Waals surface area contributed by atoms with Crippen molar-refractivity contribution in [2.75, 3.05) is 30.3 Å². The molecule has 5 N–H and O–H groups in total. The van der Waals surface area contributed by atoms with Gasteiger partial charge in [0.25, 0.3) is 23.6 Å². The summed E-state index contributed by atoms with van der Waals surface area (Å²) in [5.41, 5.74) is 9.10. The van der Waals surface area contributed by atoms with Crippen LogP contribution in [-0.2, 0) is 11.3 Å². The van der Waals surface area contributed by atoms with Crippen molar-refractivity contribution >= 4 is 35.0 Å². The first kappa shape index (κ1) is 30.7. The smallest absolute Gasteiger partial charge is 0.262 e. The third-order valence-corrected chi connectivity index (χ3v) is 7.75. The van der Waals surface area contributed by atoms with Crippen LogP contribution in [0.25, 0.3) is 0 Å². The van der Waals surface area contributed by atoms with E-state index in [1.54, 1.807) is 54.6 Å². The van der Waals surface area contributed by atoms with Crippen molar-refractivity contribution in [3.63, 3.8) is 0 Å². The van der Waals surface area contributed by atoms with Gasteiger partial charge in [0, 0.05) is 41.5 Å². The number of nitrogens with zero attached hydrogens (tertiary/aromatic N) is 1. The Morgan fingerprint density at radius 1 is 0.841 bits per heavy atom. The molecule has 1 aliphatic carbocycles. The standard InChI is InChI=1S/C34H39N5O5/c35-18-4-2-1-3-5-19-36-32(41)24-10-13-27(14-11-24)37-33(42)25-8-6-23(7-9-25)21-39(28-15-16-28)34(43)26-12-17-29-30(20-26)44-22-31(40)38-29/h6-14,17,20,28H,1-5,15-16,18-19,21-22,35H2,(H,36,41)(H,37,42)(H,38,40). The SMILES string of the molecule is NCCCCCCCNC(=O)c1ccc(NC(=O)c2ccc(CN(C(=O)c3ccc4c(c3)OCC(=O)N4)C3CC3)cc2)cc1. The number of ether oxygens (including phenoxy) is 1. The van der Waals surface area contributed by atoms with Crippen LogP contribution in [0.3, 0.4) is 0 Å². The second-order valence-electron chi connectivity index (χ2n) is 11.3. The van der Waals surface area contributed by atoms with Crippen LogP contribution in [0.15, 0.2) is 66.7 Å².